The number of carbonyl (C=O) groups is 1. The Hall–Kier alpha value is -3.08. The van der Waals surface area contributed by atoms with E-state index < -0.39 is 43.2 Å². The van der Waals surface area contributed by atoms with Crippen LogP contribution in [0.5, 0.6) is 0 Å². The molecule has 11 nitrogen and oxygen atoms in total. The Kier molecular flexibility index (Phi) is 9.30. The number of benzene rings is 2. The van der Waals surface area contributed by atoms with Gasteiger partial charge in [0.2, 0.25) is 0 Å². The molecule has 5 atom stereocenters. The van der Waals surface area contributed by atoms with Crippen LogP contribution in [0.2, 0.25) is 0 Å². The Morgan fingerprint density at radius 2 is 1.82 bits per heavy atom. The van der Waals surface area contributed by atoms with Gasteiger partial charge in [-0.25, -0.2) is 0 Å². The fraction of sp³-hybridized carbons (Fsp3) is 0.481. The van der Waals surface area contributed by atoms with E-state index in [0.29, 0.717) is 11.1 Å². The molecule has 0 bridgehead atoms. The van der Waals surface area contributed by atoms with Crippen LogP contribution in [-0.4, -0.2) is 108 Å². The number of hydrogen-bond donors (Lipinski definition) is 6. The number of rotatable bonds is 8. The summed E-state index contributed by atoms with van der Waals surface area (Å²) in [6.07, 6.45) is -5.99. The zero-order valence-electron chi connectivity index (χ0n) is 21.2. The third-order valence-electron chi connectivity index (χ3n) is 7.05. The Morgan fingerprint density at radius 3 is 2.53 bits per heavy atom. The second-order valence-corrected chi connectivity index (χ2v) is 9.50. The second-order valence-electron chi connectivity index (χ2n) is 9.50. The molecule has 2 aliphatic rings. The average Bonchev–Trinajstić information content (AvgIpc) is 2.93. The molecule has 0 radical (unpaired) electrons. The highest BCUT2D eigenvalue weighted by Gasteiger charge is 2.44. The first-order valence-electron chi connectivity index (χ1n) is 12.6. The topological polar surface area (TPSA) is 168 Å². The number of nitriles is 1. The number of aliphatic hydroxyl groups is 4. The van der Waals surface area contributed by atoms with Gasteiger partial charge in [0.25, 0.3) is 5.91 Å². The standard InChI is InChI=1S/C27H34N4O7/c1-16(21(14-28)26(35)30-23-25(34)24(33)22(15-32)38-27(23)36)17-2-3-19-13-20(5-4-18(19)12-17)29-6-7-31-8-10-37-11-9-31/h2-5,12-13,22-25,27,29,32-34,36H,6-11,15H2,1H3,(H,30,35)/b21-16+/t22-,23-,24-,25-,27?/m1/s1. The molecule has 2 aromatic carbocycles. The number of carbonyl (C=O) groups excluding carboxylic acids is 1. The maximum Gasteiger partial charge on any atom is 0.262 e. The number of nitrogens with zero attached hydrogens (tertiary/aromatic N) is 2. The molecule has 4 rings (SSSR count). The number of nitrogens with one attached hydrogen (secondary N) is 2. The summed E-state index contributed by atoms with van der Waals surface area (Å²) in [7, 11) is 0. The second kappa shape index (κ2) is 12.6. The summed E-state index contributed by atoms with van der Waals surface area (Å²) in [6.45, 7) is 6.21. The maximum atomic E-state index is 12.9. The molecule has 0 saturated carbocycles. The summed E-state index contributed by atoms with van der Waals surface area (Å²) in [5, 5.41) is 57.2. The molecule has 6 N–H and O–H groups in total. The van der Waals surface area contributed by atoms with Gasteiger partial charge in [0.15, 0.2) is 6.29 Å². The number of fused-ring (bicyclic) bond motifs is 1. The van der Waals surface area contributed by atoms with Crippen LogP contribution in [-0.2, 0) is 14.3 Å². The maximum absolute atomic E-state index is 12.9. The molecule has 1 unspecified atom stereocenters. The van der Waals surface area contributed by atoms with Gasteiger partial charge in [-0.2, -0.15) is 5.26 Å². The minimum Gasteiger partial charge on any atom is -0.394 e. The molecule has 11 heteroatoms. The summed E-state index contributed by atoms with van der Waals surface area (Å²) in [4.78, 5) is 15.3. The Balaban J connectivity index is 1.45. The van der Waals surface area contributed by atoms with Gasteiger partial charge in [-0.15, -0.1) is 0 Å². The van der Waals surface area contributed by atoms with Crippen molar-refractivity contribution in [1.82, 2.24) is 10.2 Å². The number of aliphatic hydroxyl groups excluding tert-OH is 4. The van der Waals surface area contributed by atoms with Crippen LogP contribution in [0.15, 0.2) is 42.0 Å². The van der Waals surface area contributed by atoms with E-state index in [1.165, 1.54) is 0 Å². The van der Waals surface area contributed by atoms with Crippen molar-refractivity contribution in [3.05, 3.63) is 47.5 Å². The fourth-order valence-electron chi connectivity index (χ4n) is 4.70. The summed E-state index contributed by atoms with van der Waals surface area (Å²) in [5.74, 6) is -0.828. The van der Waals surface area contributed by atoms with Gasteiger partial charge < -0.3 is 40.5 Å². The molecule has 2 heterocycles. The third kappa shape index (κ3) is 6.31. The summed E-state index contributed by atoms with van der Waals surface area (Å²) < 4.78 is 10.5. The van der Waals surface area contributed by atoms with E-state index in [4.69, 9.17) is 9.47 Å². The van der Waals surface area contributed by atoms with Crippen molar-refractivity contribution in [3.8, 4) is 6.07 Å². The lowest BCUT2D eigenvalue weighted by Crippen LogP contribution is -2.64. The van der Waals surface area contributed by atoms with Gasteiger partial charge in [-0.1, -0.05) is 18.2 Å². The highest BCUT2D eigenvalue weighted by atomic mass is 16.6. The highest BCUT2D eigenvalue weighted by molar-refractivity contribution is 6.05. The average molecular weight is 527 g/mol. The summed E-state index contributed by atoms with van der Waals surface area (Å²) in [5.41, 5.74) is 1.87. The predicted octanol–water partition coefficient (Wildman–Crippen LogP) is -0.203. The number of anilines is 1. The van der Waals surface area contributed by atoms with Crippen molar-refractivity contribution in [3.63, 3.8) is 0 Å². The van der Waals surface area contributed by atoms with Crippen LogP contribution in [0.3, 0.4) is 0 Å². The summed E-state index contributed by atoms with van der Waals surface area (Å²) >= 11 is 0. The van der Waals surface area contributed by atoms with Gasteiger partial charge in [0.05, 0.1) is 19.8 Å². The summed E-state index contributed by atoms with van der Waals surface area (Å²) in [6, 6.07) is 12.1. The Labute approximate surface area is 220 Å². The van der Waals surface area contributed by atoms with Gasteiger partial charge in [-0.3, -0.25) is 9.69 Å². The fourth-order valence-corrected chi connectivity index (χ4v) is 4.70. The molecular formula is C27H34N4O7. The Morgan fingerprint density at radius 1 is 1.11 bits per heavy atom. The number of amides is 1. The molecule has 2 aliphatic heterocycles. The monoisotopic (exact) mass is 526 g/mol. The number of allylic oxidation sites excluding steroid dienone is 1. The largest absolute Gasteiger partial charge is 0.394 e. The smallest absolute Gasteiger partial charge is 0.262 e. The normalized spacial score (nSPS) is 26.9. The van der Waals surface area contributed by atoms with Crippen LogP contribution in [0.4, 0.5) is 5.69 Å². The third-order valence-corrected chi connectivity index (χ3v) is 7.05. The molecule has 0 aromatic heterocycles. The van der Waals surface area contributed by atoms with Crippen molar-refractivity contribution < 1.29 is 34.7 Å². The number of ether oxygens (including phenoxy) is 2. The van der Waals surface area contributed by atoms with Gasteiger partial charge >= 0.3 is 0 Å². The quantitative estimate of drug-likeness (QED) is 0.200. The van der Waals surface area contributed by atoms with E-state index in [0.717, 1.165) is 55.9 Å². The molecular weight excluding hydrogens is 492 g/mol. The van der Waals surface area contributed by atoms with Crippen LogP contribution >= 0.6 is 0 Å². The van der Waals surface area contributed by atoms with E-state index >= 15 is 0 Å². The van der Waals surface area contributed by atoms with E-state index in [1.807, 2.05) is 42.5 Å². The van der Waals surface area contributed by atoms with Crippen LogP contribution in [0.25, 0.3) is 16.3 Å². The zero-order valence-corrected chi connectivity index (χ0v) is 21.2. The molecule has 2 fully saturated rings. The molecule has 2 aromatic rings. The first-order chi connectivity index (χ1) is 18.3. The predicted molar refractivity (Wildman–Crippen MR) is 140 cm³/mol. The lowest BCUT2D eigenvalue weighted by molar-refractivity contribution is -0.253. The molecule has 204 valence electrons. The molecule has 1 amide bonds. The van der Waals surface area contributed by atoms with Crippen LogP contribution in [0.1, 0.15) is 12.5 Å². The van der Waals surface area contributed by atoms with E-state index in [2.05, 4.69) is 15.5 Å². The molecule has 2 saturated heterocycles. The first kappa shape index (κ1) is 27.9. The van der Waals surface area contributed by atoms with E-state index in [9.17, 15) is 30.5 Å². The van der Waals surface area contributed by atoms with Crippen molar-refractivity contribution in [1.29, 1.82) is 5.26 Å². The van der Waals surface area contributed by atoms with Gasteiger partial charge in [0, 0.05) is 31.9 Å². The van der Waals surface area contributed by atoms with Gasteiger partial charge in [0.1, 0.15) is 36.0 Å². The lowest BCUT2D eigenvalue weighted by atomic mass is 9.95. The van der Waals surface area contributed by atoms with Gasteiger partial charge in [-0.05, 0) is 47.0 Å². The van der Waals surface area contributed by atoms with Crippen LogP contribution < -0.4 is 10.6 Å². The minimum absolute atomic E-state index is 0.205. The highest BCUT2D eigenvalue weighted by Crippen LogP contribution is 2.26. The SMILES string of the molecule is C/C(=C(/C#N)C(=O)N[C@H]1C(O)O[C@H](CO)[C@@H](O)[C@@H]1O)c1ccc2cc(NCCN3CCOCC3)ccc2c1. The first-order valence-corrected chi connectivity index (χ1v) is 12.6. The van der Waals surface area contributed by atoms with Crippen LogP contribution in [0, 0.1) is 11.3 Å². The zero-order chi connectivity index (χ0) is 27.2. The van der Waals surface area contributed by atoms with E-state index in [1.54, 1.807) is 6.92 Å². The van der Waals surface area contributed by atoms with Crippen molar-refractivity contribution in [2.75, 3.05) is 51.3 Å². The molecule has 0 spiro atoms. The minimum atomic E-state index is -1.67. The number of morpholine rings is 1. The number of hydrogen-bond acceptors (Lipinski definition) is 10. The lowest BCUT2D eigenvalue weighted by Gasteiger charge is -2.40. The van der Waals surface area contributed by atoms with Crippen molar-refractivity contribution in [2.24, 2.45) is 0 Å². The van der Waals surface area contributed by atoms with Crippen molar-refractivity contribution >= 4 is 27.9 Å². The molecule has 0 aliphatic carbocycles. The van der Waals surface area contributed by atoms with Crippen molar-refractivity contribution in [2.45, 2.75) is 37.6 Å². The Bertz CT molecular complexity index is 1210. The molecule has 38 heavy (non-hydrogen) atoms. The van der Waals surface area contributed by atoms with E-state index in [-0.39, 0.29) is 5.57 Å².